The Morgan fingerprint density at radius 2 is 2.32 bits per heavy atom. The molecule has 0 unspecified atom stereocenters. The van der Waals surface area contributed by atoms with E-state index in [1.165, 1.54) is 30.7 Å². The van der Waals surface area contributed by atoms with Gasteiger partial charge in [0.05, 0.1) is 18.2 Å². The van der Waals surface area contributed by atoms with E-state index in [1.54, 1.807) is 24.3 Å². The number of hydrogen-bond donors (Lipinski definition) is 2. The first-order chi connectivity index (χ1) is 9.20. The van der Waals surface area contributed by atoms with Gasteiger partial charge in [0.2, 0.25) is 0 Å². The van der Waals surface area contributed by atoms with Crippen LogP contribution in [0.3, 0.4) is 0 Å². The number of amides is 1. The van der Waals surface area contributed by atoms with Gasteiger partial charge in [-0.15, -0.1) is 11.3 Å². The lowest BCUT2D eigenvalue weighted by molar-refractivity contribution is 0.0959. The van der Waals surface area contributed by atoms with Gasteiger partial charge in [0.25, 0.3) is 5.91 Å². The summed E-state index contributed by atoms with van der Waals surface area (Å²) in [6, 6.07) is 8.25. The molecule has 0 aliphatic heterocycles. The van der Waals surface area contributed by atoms with Crippen molar-refractivity contribution in [2.75, 3.05) is 7.11 Å². The van der Waals surface area contributed by atoms with Crippen LogP contribution in [0, 0.1) is 0 Å². The van der Waals surface area contributed by atoms with E-state index in [0.29, 0.717) is 16.2 Å². The molecule has 0 bridgehead atoms. The summed E-state index contributed by atoms with van der Waals surface area (Å²) < 4.78 is 5.04. The van der Waals surface area contributed by atoms with Crippen molar-refractivity contribution in [1.29, 1.82) is 0 Å². The molecular weight excluding hydrogens is 264 g/mol. The fraction of sp³-hybridized carbons (Fsp3) is 0.0769. The molecule has 1 amide bonds. The number of thiophene rings is 1. The number of phenolic OH excluding ortho intramolecular Hbond substituents is 1. The number of ether oxygens (including phenoxy) is 1. The van der Waals surface area contributed by atoms with E-state index in [4.69, 9.17) is 4.74 Å². The molecule has 19 heavy (non-hydrogen) atoms. The van der Waals surface area contributed by atoms with Crippen LogP contribution in [0.5, 0.6) is 11.5 Å². The molecule has 5 nitrogen and oxygen atoms in total. The zero-order valence-corrected chi connectivity index (χ0v) is 11.0. The molecule has 2 aromatic rings. The van der Waals surface area contributed by atoms with Crippen LogP contribution in [0.25, 0.3) is 0 Å². The SMILES string of the molecule is COc1ccc(O)c(C=NNC(=O)c2cccs2)c1. The number of nitrogens with zero attached hydrogens (tertiary/aromatic N) is 1. The van der Waals surface area contributed by atoms with E-state index in [-0.39, 0.29) is 11.7 Å². The Kier molecular flexibility index (Phi) is 4.15. The summed E-state index contributed by atoms with van der Waals surface area (Å²) >= 11 is 1.33. The quantitative estimate of drug-likeness (QED) is 0.664. The first-order valence-corrected chi connectivity index (χ1v) is 6.32. The number of benzene rings is 1. The average molecular weight is 276 g/mol. The van der Waals surface area contributed by atoms with Gasteiger partial charge in [-0.3, -0.25) is 4.79 Å². The van der Waals surface area contributed by atoms with E-state index in [9.17, 15) is 9.90 Å². The molecule has 0 spiro atoms. The molecule has 1 aromatic carbocycles. The summed E-state index contributed by atoms with van der Waals surface area (Å²) in [6.07, 6.45) is 1.36. The van der Waals surface area contributed by atoms with Crippen LogP contribution in [0.2, 0.25) is 0 Å². The smallest absolute Gasteiger partial charge is 0.281 e. The molecule has 1 heterocycles. The second-order valence-corrected chi connectivity index (χ2v) is 4.55. The molecular formula is C13H12N2O3S. The first kappa shape index (κ1) is 13.1. The van der Waals surface area contributed by atoms with Crippen molar-refractivity contribution >= 4 is 23.5 Å². The summed E-state index contributed by atoms with van der Waals surface area (Å²) in [5.74, 6) is 0.382. The lowest BCUT2D eigenvalue weighted by Gasteiger charge is -2.02. The Morgan fingerprint density at radius 3 is 3.00 bits per heavy atom. The van der Waals surface area contributed by atoms with Gasteiger partial charge in [0.1, 0.15) is 11.5 Å². The van der Waals surface area contributed by atoms with Crippen LogP contribution in [-0.4, -0.2) is 24.3 Å². The van der Waals surface area contributed by atoms with Crippen molar-refractivity contribution in [3.05, 3.63) is 46.2 Å². The number of carbonyl (C=O) groups excluding carboxylic acids is 1. The fourth-order valence-electron chi connectivity index (χ4n) is 1.39. The van der Waals surface area contributed by atoms with Gasteiger partial charge in [-0.05, 0) is 29.6 Å². The standard InChI is InChI=1S/C13H12N2O3S/c1-18-10-4-5-11(16)9(7-10)8-14-15-13(17)12-3-2-6-19-12/h2-8,16H,1H3,(H,15,17). The van der Waals surface area contributed by atoms with Crippen LogP contribution in [0.4, 0.5) is 0 Å². The number of methoxy groups -OCH3 is 1. The molecule has 2 rings (SSSR count). The number of hydrazone groups is 1. The number of phenols is 1. The summed E-state index contributed by atoms with van der Waals surface area (Å²) in [7, 11) is 1.53. The van der Waals surface area contributed by atoms with Crippen LogP contribution in [0.15, 0.2) is 40.8 Å². The van der Waals surface area contributed by atoms with E-state index >= 15 is 0 Å². The van der Waals surface area contributed by atoms with Gasteiger partial charge in [0, 0.05) is 5.56 Å². The normalized spacial score (nSPS) is 10.6. The summed E-state index contributed by atoms with van der Waals surface area (Å²) in [4.78, 5) is 12.2. The van der Waals surface area contributed by atoms with Crippen molar-refractivity contribution in [2.45, 2.75) is 0 Å². The Balaban J connectivity index is 2.05. The van der Waals surface area contributed by atoms with E-state index in [0.717, 1.165) is 0 Å². The van der Waals surface area contributed by atoms with Crippen molar-refractivity contribution in [3.63, 3.8) is 0 Å². The minimum absolute atomic E-state index is 0.0647. The molecule has 0 aliphatic rings. The number of rotatable bonds is 4. The molecule has 0 fully saturated rings. The molecule has 0 saturated carbocycles. The maximum atomic E-state index is 11.6. The predicted octanol–water partition coefficient (Wildman–Crippen LogP) is 2.23. The highest BCUT2D eigenvalue weighted by Crippen LogP contribution is 2.20. The van der Waals surface area contributed by atoms with Gasteiger partial charge in [-0.25, -0.2) is 5.43 Å². The Bertz CT molecular complexity index is 594. The summed E-state index contributed by atoms with van der Waals surface area (Å²) in [5, 5.41) is 15.2. The monoisotopic (exact) mass is 276 g/mol. The highest BCUT2D eigenvalue weighted by atomic mass is 32.1. The highest BCUT2D eigenvalue weighted by molar-refractivity contribution is 7.12. The average Bonchev–Trinajstić information content (AvgIpc) is 2.95. The van der Waals surface area contributed by atoms with Crippen molar-refractivity contribution in [2.24, 2.45) is 5.10 Å². The van der Waals surface area contributed by atoms with E-state index in [2.05, 4.69) is 10.5 Å². The molecule has 1 aromatic heterocycles. The second-order valence-electron chi connectivity index (χ2n) is 3.60. The van der Waals surface area contributed by atoms with Gasteiger partial charge in [-0.1, -0.05) is 6.07 Å². The van der Waals surface area contributed by atoms with Crippen LogP contribution >= 0.6 is 11.3 Å². The molecule has 98 valence electrons. The number of carbonyl (C=O) groups is 1. The second kappa shape index (κ2) is 6.01. The third-order valence-electron chi connectivity index (χ3n) is 2.35. The molecule has 0 saturated heterocycles. The largest absolute Gasteiger partial charge is 0.507 e. The van der Waals surface area contributed by atoms with Crippen LogP contribution < -0.4 is 10.2 Å². The van der Waals surface area contributed by atoms with Gasteiger partial charge < -0.3 is 9.84 Å². The minimum atomic E-state index is -0.284. The number of hydrogen-bond acceptors (Lipinski definition) is 5. The van der Waals surface area contributed by atoms with E-state index in [1.807, 2.05) is 5.38 Å². The third kappa shape index (κ3) is 3.32. The highest BCUT2D eigenvalue weighted by Gasteiger charge is 2.04. The van der Waals surface area contributed by atoms with Crippen LogP contribution in [0.1, 0.15) is 15.2 Å². The van der Waals surface area contributed by atoms with Crippen molar-refractivity contribution < 1.29 is 14.6 Å². The van der Waals surface area contributed by atoms with Crippen molar-refractivity contribution in [3.8, 4) is 11.5 Å². The molecule has 0 atom stereocenters. The predicted molar refractivity (Wildman–Crippen MR) is 74.0 cm³/mol. The van der Waals surface area contributed by atoms with Crippen molar-refractivity contribution in [1.82, 2.24) is 5.43 Å². The summed E-state index contributed by atoms with van der Waals surface area (Å²) in [5.41, 5.74) is 2.85. The molecule has 0 aliphatic carbocycles. The Hall–Kier alpha value is -2.34. The van der Waals surface area contributed by atoms with Gasteiger partial charge in [-0.2, -0.15) is 5.10 Å². The Morgan fingerprint density at radius 1 is 1.47 bits per heavy atom. The van der Waals surface area contributed by atoms with Gasteiger partial charge >= 0.3 is 0 Å². The van der Waals surface area contributed by atoms with Gasteiger partial charge in [0.15, 0.2) is 0 Å². The van der Waals surface area contributed by atoms with Crippen LogP contribution in [-0.2, 0) is 0 Å². The number of nitrogens with one attached hydrogen (secondary N) is 1. The maximum Gasteiger partial charge on any atom is 0.281 e. The number of aromatic hydroxyl groups is 1. The molecule has 6 heteroatoms. The zero-order valence-electron chi connectivity index (χ0n) is 10.2. The lowest BCUT2D eigenvalue weighted by atomic mass is 10.2. The molecule has 2 N–H and O–H groups in total. The zero-order chi connectivity index (χ0) is 13.7. The third-order valence-corrected chi connectivity index (χ3v) is 3.22. The lowest BCUT2D eigenvalue weighted by Crippen LogP contribution is -2.16. The Labute approximate surface area is 114 Å². The maximum absolute atomic E-state index is 11.6. The van der Waals surface area contributed by atoms with E-state index < -0.39 is 0 Å². The molecule has 0 radical (unpaired) electrons. The summed E-state index contributed by atoms with van der Waals surface area (Å²) in [6.45, 7) is 0. The first-order valence-electron chi connectivity index (χ1n) is 5.44. The topological polar surface area (TPSA) is 70.9 Å². The fourth-order valence-corrected chi connectivity index (χ4v) is 2.00. The minimum Gasteiger partial charge on any atom is -0.507 e.